The molecule has 0 bridgehead atoms. The lowest BCUT2D eigenvalue weighted by Gasteiger charge is -2.02. The molecule has 2 aromatic heterocycles. The summed E-state index contributed by atoms with van der Waals surface area (Å²) in [5, 5.41) is 0.686. The highest BCUT2D eigenvalue weighted by atomic mass is 35.5. The van der Waals surface area contributed by atoms with Gasteiger partial charge in [-0.1, -0.05) is 29.9 Å². The molecule has 4 nitrogen and oxygen atoms in total. The lowest BCUT2D eigenvalue weighted by atomic mass is 10.2. The highest BCUT2D eigenvalue weighted by Gasteiger charge is 2.10. The fourth-order valence-electron chi connectivity index (χ4n) is 2.71. The molecule has 0 radical (unpaired) electrons. The second-order valence-electron chi connectivity index (χ2n) is 5.60. The van der Waals surface area contributed by atoms with E-state index in [1.165, 1.54) is 22.7 Å². The Hall–Kier alpha value is -2.02. The van der Waals surface area contributed by atoms with Crippen molar-refractivity contribution in [1.29, 1.82) is 0 Å². The predicted octanol–water partition coefficient (Wildman–Crippen LogP) is 5.12. The molecule has 0 aliphatic heterocycles. The number of nitrogens with zero attached hydrogens (tertiary/aromatic N) is 3. The molecule has 7 heteroatoms. The van der Waals surface area contributed by atoms with Crippen molar-refractivity contribution < 1.29 is 4.79 Å². The predicted molar refractivity (Wildman–Crippen MR) is 105 cm³/mol. The molecule has 2 aromatic carbocycles. The SMILES string of the molecule is CCCn1c(=NC(=O)c2ccc3ncsc3c2)sc2cc(Cl)ccc21. The van der Waals surface area contributed by atoms with E-state index < -0.39 is 0 Å². The third-order valence-corrected chi connectivity index (χ3v) is 5.94. The van der Waals surface area contributed by atoms with Crippen molar-refractivity contribution in [3.8, 4) is 0 Å². The van der Waals surface area contributed by atoms with Crippen molar-refractivity contribution in [1.82, 2.24) is 9.55 Å². The standard InChI is InChI=1S/C18H14ClN3OS2/c1-2-7-22-14-6-4-12(19)9-16(14)25-18(22)21-17(23)11-3-5-13-15(8-11)24-10-20-13/h3-6,8-10H,2,7H2,1H3. The topological polar surface area (TPSA) is 47.2 Å². The first-order chi connectivity index (χ1) is 12.2. The Morgan fingerprint density at radius 1 is 1.24 bits per heavy atom. The summed E-state index contributed by atoms with van der Waals surface area (Å²) in [6.45, 7) is 2.91. The third kappa shape index (κ3) is 3.13. The molecule has 0 aliphatic rings. The zero-order chi connectivity index (χ0) is 17.4. The third-order valence-electron chi connectivity index (χ3n) is 3.87. The molecule has 4 aromatic rings. The summed E-state index contributed by atoms with van der Waals surface area (Å²) in [6, 6.07) is 11.3. The minimum absolute atomic E-state index is 0.238. The normalized spacial score (nSPS) is 12.3. The largest absolute Gasteiger partial charge is 0.316 e. The minimum atomic E-state index is -0.238. The number of hydrogen-bond donors (Lipinski definition) is 0. The Kier molecular flexibility index (Phi) is 4.41. The summed E-state index contributed by atoms with van der Waals surface area (Å²) >= 11 is 9.11. The van der Waals surface area contributed by atoms with E-state index in [9.17, 15) is 4.79 Å². The van der Waals surface area contributed by atoms with Gasteiger partial charge in [0.15, 0.2) is 4.80 Å². The van der Waals surface area contributed by atoms with Gasteiger partial charge >= 0.3 is 0 Å². The van der Waals surface area contributed by atoms with Crippen LogP contribution in [0.1, 0.15) is 23.7 Å². The Balaban J connectivity index is 1.83. The number of aryl methyl sites for hydroxylation is 1. The minimum Gasteiger partial charge on any atom is -0.316 e. The maximum absolute atomic E-state index is 12.7. The number of carbonyl (C=O) groups is 1. The average molecular weight is 388 g/mol. The lowest BCUT2D eigenvalue weighted by Crippen LogP contribution is -2.16. The van der Waals surface area contributed by atoms with Gasteiger partial charge in [0, 0.05) is 17.1 Å². The van der Waals surface area contributed by atoms with Crippen molar-refractivity contribution in [3.05, 3.63) is 57.3 Å². The van der Waals surface area contributed by atoms with Crippen molar-refractivity contribution >= 4 is 60.6 Å². The van der Waals surface area contributed by atoms with Gasteiger partial charge in [-0.05, 0) is 42.8 Å². The van der Waals surface area contributed by atoms with Crippen LogP contribution in [0.25, 0.3) is 20.4 Å². The number of fused-ring (bicyclic) bond motifs is 2. The zero-order valence-electron chi connectivity index (χ0n) is 13.4. The van der Waals surface area contributed by atoms with E-state index in [4.69, 9.17) is 11.6 Å². The highest BCUT2D eigenvalue weighted by molar-refractivity contribution is 7.17. The first-order valence-electron chi connectivity index (χ1n) is 7.87. The summed E-state index contributed by atoms with van der Waals surface area (Å²) in [5.41, 5.74) is 4.32. The highest BCUT2D eigenvalue weighted by Crippen LogP contribution is 2.23. The van der Waals surface area contributed by atoms with Crippen LogP contribution in [0.5, 0.6) is 0 Å². The number of hydrogen-bond acceptors (Lipinski definition) is 4. The van der Waals surface area contributed by atoms with E-state index in [1.807, 2.05) is 30.3 Å². The van der Waals surface area contributed by atoms with Crippen LogP contribution < -0.4 is 4.80 Å². The van der Waals surface area contributed by atoms with Gasteiger partial charge in [0.05, 0.1) is 25.9 Å². The van der Waals surface area contributed by atoms with Gasteiger partial charge < -0.3 is 4.57 Å². The number of halogens is 1. The monoisotopic (exact) mass is 387 g/mol. The van der Waals surface area contributed by atoms with Gasteiger partial charge in [0.25, 0.3) is 5.91 Å². The van der Waals surface area contributed by atoms with E-state index in [0.29, 0.717) is 15.4 Å². The van der Waals surface area contributed by atoms with E-state index in [2.05, 4.69) is 21.5 Å². The number of aromatic nitrogens is 2. The fourth-order valence-corrected chi connectivity index (χ4v) is 4.76. The molecular weight excluding hydrogens is 374 g/mol. The van der Waals surface area contributed by atoms with Crippen LogP contribution in [0.2, 0.25) is 5.02 Å². The first-order valence-corrected chi connectivity index (χ1v) is 9.94. The van der Waals surface area contributed by atoms with Gasteiger partial charge in [0.2, 0.25) is 0 Å². The van der Waals surface area contributed by atoms with Crippen LogP contribution in [0.15, 0.2) is 46.9 Å². The van der Waals surface area contributed by atoms with Crippen LogP contribution >= 0.6 is 34.3 Å². The number of thiazole rings is 2. The molecule has 0 atom stereocenters. The quantitative estimate of drug-likeness (QED) is 0.490. The summed E-state index contributed by atoms with van der Waals surface area (Å²) in [6.07, 6.45) is 0.961. The van der Waals surface area contributed by atoms with Crippen molar-refractivity contribution in [2.75, 3.05) is 0 Å². The molecule has 0 N–H and O–H groups in total. The van der Waals surface area contributed by atoms with Crippen molar-refractivity contribution in [3.63, 3.8) is 0 Å². The molecule has 126 valence electrons. The smallest absolute Gasteiger partial charge is 0.279 e. The number of carbonyl (C=O) groups excluding carboxylic acids is 1. The molecule has 0 saturated carbocycles. The van der Waals surface area contributed by atoms with Crippen molar-refractivity contribution in [2.24, 2.45) is 4.99 Å². The second kappa shape index (κ2) is 6.71. The molecule has 1 amide bonds. The van der Waals surface area contributed by atoms with Crippen LogP contribution in [-0.4, -0.2) is 15.5 Å². The van der Waals surface area contributed by atoms with Crippen molar-refractivity contribution in [2.45, 2.75) is 19.9 Å². The molecule has 0 spiro atoms. The van der Waals surface area contributed by atoms with E-state index in [-0.39, 0.29) is 5.91 Å². The Morgan fingerprint density at radius 2 is 2.12 bits per heavy atom. The second-order valence-corrected chi connectivity index (χ2v) is 7.93. The average Bonchev–Trinajstić information content (AvgIpc) is 3.19. The maximum atomic E-state index is 12.7. The lowest BCUT2D eigenvalue weighted by molar-refractivity contribution is 0.0998. The number of benzene rings is 2. The van der Waals surface area contributed by atoms with E-state index in [0.717, 1.165) is 33.4 Å². The molecule has 0 aliphatic carbocycles. The molecule has 4 rings (SSSR count). The van der Waals surface area contributed by atoms with Gasteiger partial charge in [-0.3, -0.25) is 4.79 Å². The first kappa shape index (κ1) is 16.4. The van der Waals surface area contributed by atoms with E-state index >= 15 is 0 Å². The van der Waals surface area contributed by atoms with Gasteiger partial charge in [0.1, 0.15) is 0 Å². The Bertz CT molecular complexity index is 1160. The Labute approximate surface area is 157 Å². The van der Waals surface area contributed by atoms with Gasteiger partial charge in [-0.25, -0.2) is 4.98 Å². The number of amides is 1. The van der Waals surface area contributed by atoms with E-state index in [1.54, 1.807) is 11.6 Å². The molecule has 2 heterocycles. The van der Waals surface area contributed by atoms with Crippen LogP contribution in [0.4, 0.5) is 0 Å². The summed E-state index contributed by atoms with van der Waals surface area (Å²) in [5.74, 6) is -0.238. The van der Waals surface area contributed by atoms with Crippen LogP contribution in [-0.2, 0) is 6.54 Å². The van der Waals surface area contributed by atoms with Gasteiger partial charge in [-0.2, -0.15) is 4.99 Å². The number of rotatable bonds is 3. The molecular formula is C18H14ClN3OS2. The van der Waals surface area contributed by atoms with Crippen LogP contribution in [0, 0.1) is 0 Å². The van der Waals surface area contributed by atoms with Gasteiger partial charge in [-0.15, -0.1) is 11.3 Å². The fraction of sp³-hybridized carbons (Fsp3) is 0.167. The zero-order valence-corrected chi connectivity index (χ0v) is 15.8. The summed E-state index contributed by atoms with van der Waals surface area (Å²) in [4.78, 5) is 22.0. The molecule has 0 fully saturated rings. The molecule has 0 unspecified atom stereocenters. The molecule has 0 saturated heterocycles. The maximum Gasteiger partial charge on any atom is 0.279 e. The molecule has 25 heavy (non-hydrogen) atoms. The summed E-state index contributed by atoms with van der Waals surface area (Å²) in [7, 11) is 0. The summed E-state index contributed by atoms with van der Waals surface area (Å²) < 4.78 is 4.11. The Morgan fingerprint density at radius 3 is 2.96 bits per heavy atom. The van der Waals surface area contributed by atoms with Crippen LogP contribution in [0.3, 0.4) is 0 Å².